The molecule has 0 aliphatic heterocycles. The molecular weight excluding hydrogens is 264 g/mol. The van der Waals surface area contributed by atoms with E-state index in [9.17, 15) is 5.26 Å². The van der Waals surface area contributed by atoms with Gasteiger partial charge in [-0.2, -0.15) is 5.26 Å². The van der Waals surface area contributed by atoms with E-state index in [0.29, 0.717) is 0 Å². The molecule has 1 aromatic carbocycles. The van der Waals surface area contributed by atoms with Gasteiger partial charge in [-0.15, -0.1) is 11.8 Å². The van der Waals surface area contributed by atoms with Crippen LogP contribution in [0.2, 0.25) is 0 Å². The summed E-state index contributed by atoms with van der Waals surface area (Å²) in [6.07, 6.45) is 5.79. The van der Waals surface area contributed by atoms with Crippen molar-refractivity contribution in [2.75, 3.05) is 12.3 Å². The van der Waals surface area contributed by atoms with Crippen molar-refractivity contribution >= 4 is 11.8 Å². The van der Waals surface area contributed by atoms with Gasteiger partial charge in [0.25, 0.3) is 0 Å². The molecule has 0 bridgehead atoms. The summed E-state index contributed by atoms with van der Waals surface area (Å²) in [5, 5.41) is 12.5. The maximum Gasteiger partial charge on any atom is 0.103 e. The molecule has 0 radical (unpaired) electrons. The van der Waals surface area contributed by atoms with Crippen molar-refractivity contribution in [1.82, 2.24) is 5.32 Å². The number of rotatable bonds is 7. The van der Waals surface area contributed by atoms with E-state index < -0.39 is 0 Å². The quantitative estimate of drug-likeness (QED) is 0.610. The molecule has 3 heteroatoms. The van der Waals surface area contributed by atoms with E-state index in [1.807, 2.05) is 18.7 Å². The Labute approximate surface area is 127 Å². The highest BCUT2D eigenvalue weighted by atomic mass is 32.2. The second kappa shape index (κ2) is 7.15. The van der Waals surface area contributed by atoms with Crippen LogP contribution in [-0.2, 0) is 12.8 Å². The first-order valence-corrected chi connectivity index (χ1v) is 8.56. The molecule has 1 N–H and O–H groups in total. The molecule has 1 aromatic rings. The number of hydrogen-bond acceptors (Lipinski definition) is 3. The van der Waals surface area contributed by atoms with E-state index in [0.717, 1.165) is 25.1 Å². The van der Waals surface area contributed by atoms with Crippen LogP contribution in [0, 0.1) is 11.3 Å². The van der Waals surface area contributed by atoms with Crippen LogP contribution in [0.5, 0.6) is 0 Å². The average Bonchev–Trinajstić information content (AvgIpc) is 2.91. The van der Waals surface area contributed by atoms with E-state index in [4.69, 9.17) is 0 Å². The number of nitriles is 1. The highest BCUT2D eigenvalue weighted by Gasteiger charge is 2.21. The molecule has 108 valence electrons. The first-order valence-electron chi connectivity index (χ1n) is 7.58. The summed E-state index contributed by atoms with van der Waals surface area (Å²) in [5.74, 6) is 1.08. The van der Waals surface area contributed by atoms with Gasteiger partial charge in [0, 0.05) is 4.90 Å². The van der Waals surface area contributed by atoms with Crippen molar-refractivity contribution in [2.45, 2.75) is 56.4 Å². The lowest BCUT2D eigenvalue weighted by Gasteiger charge is -2.22. The molecule has 2 nitrogen and oxygen atoms in total. The van der Waals surface area contributed by atoms with Crippen LogP contribution in [0.4, 0.5) is 0 Å². The summed E-state index contributed by atoms with van der Waals surface area (Å²) in [5.41, 5.74) is 2.72. The van der Waals surface area contributed by atoms with Crippen molar-refractivity contribution in [3.8, 4) is 6.07 Å². The smallest absolute Gasteiger partial charge is 0.103 e. The van der Waals surface area contributed by atoms with E-state index in [2.05, 4.69) is 36.5 Å². The van der Waals surface area contributed by atoms with Gasteiger partial charge >= 0.3 is 0 Å². The molecule has 1 unspecified atom stereocenters. The molecule has 0 heterocycles. The van der Waals surface area contributed by atoms with Crippen molar-refractivity contribution in [2.24, 2.45) is 0 Å². The lowest BCUT2D eigenvalue weighted by molar-refractivity contribution is 0.426. The van der Waals surface area contributed by atoms with Crippen LogP contribution in [0.1, 0.15) is 44.2 Å². The summed E-state index contributed by atoms with van der Waals surface area (Å²) in [7, 11) is 0. The fourth-order valence-electron chi connectivity index (χ4n) is 2.83. The van der Waals surface area contributed by atoms with Crippen LogP contribution in [-0.4, -0.2) is 17.8 Å². The van der Waals surface area contributed by atoms with Gasteiger partial charge in [-0.3, -0.25) is 5.32 Å². The Balaban J connectivity index is 1.77. The zero-order valence-electron chi connectivity index (χ0n) is 12.5. The Morgan fingerprint density at radius 1 is 1.35 bits per heavy atom. The van der Waals surface area contributed by atoms with Crippen molar-refractivity contribution in [3.05, 3.63) is 29.3 Å². The largest absolute Gasteiger partial charge is 0.300 e. The number of aryl methyl sites for hydroxylation is 2. The SMILES string of the molecule is CCNC(C)(C#N)CCCSc1ccc2c(c1)CCC2. The van der Waals surface area contributed by atoms with Crippen LogP contribution >= 0.6 is 11.8 Å². The zero-order valence-corrected chi connectivity index (χ0v) is 13.4. The number of fused-ring (bicyclic) bond motifs is 1. The first-order chi connectivity index (χ1) is 9.67. The second-order valence-electron chi connectivity index (χ2n) is 5.71. The van der Waals surface area contributed by atoms with E-state index in [1.54, 1.807) is 11.1 Å². The number of hydrogen-bond donors (Lipinski definition) is 1. The Hall–Kier alpha value is -0.980. The summed E-state index contributed by atoms with van der Waals surface area (Å²) >= 11 is 1.92. The molecule has 0 saturated carbocycles. The average molecular weight is 288 g/mol. The minimum Gasteiger partial charge on any atom is -0.300 e. The second-order valence-corrected chi connectivity index (χ2v) is 6.88. The summed E-state index contributed by atoms with van der Waals surface area (Å²) in [4.78, 5) is 1.38. The molecule has 0 aromatic heterocycles. The van der Waals surface area contributed by atoms with Crippen LogP contribution in [0.25, 0.3) is 0 Å². The van der Waals surface area contributed by atoms with E-state index in [1.165, 1.54) is 24.2 Å². The topological polar surface area (TPSA) is 35.8 Å². The van der Waals surface area contributed by atoms with Gasteiger partial charge in [0.1, 0.15) is 5.54 Å². The third-order valence-corrected chi connectivity index (χ3v) is 5.05. The standard InChI is InChI=1S/C17H24N2S/c1-3-19-17(2,13-18)10-5-11-20-16-9-8-14-6-4-7-15(14)12-16/h8-9,12,19H,3-7,10-11H2,1-2H3. The lowest BCUT2D eigenvalue weighted by atomic mass is 9.98. The molecule has 1 aliphatic carbocycles. The maximum atomic E-state index is 9.22. The minimum atomic E-state index is -0.368. The number of nitrogens with zero attached hydrogens (tertiary/aromatic N) is 1. The van der Waals surface area contributed by atoms with Gasteiger partial charge < -0.3 is 0 Å². The monoisotopic (exact) mass is 288 g/mol. The molecule has 0 saturated heterocycles. The summed E-state index contributed by atoms with van der Waals surface area (Å²) in [6.45, 7) is 4.90. The van der Waals surface area contributed by atoms with Crippen molar-refractivity contribution in [3.63, 3.8) is 0 Å². The normalized spacial score (nSPS) is 16.4. The Kier molecular flexibility index (Phi) is 5.51. The predicted octanol–water partition coefficient (Wildman–Crippen LogP) is 3.94. The Morgan fingerprint density at radius 2 is 2.15 bits per heavy atom. The maximum absolute atomic E-state index is 9.22. The van der Waals surface area contributed by atoms with Crippen molar-refractivity contribution in [1.29, 1.82) is 5.26 Å². The molecule has 1 atom stereocenters. The molecular formula is C17H24N2S. The van der Waals surface area contributed by atoms with Gasteiger partial charge in [-0.05, 0) is 74.6 Å². The number of nitrogens with one attached hydrogen (secondary N) is 1. The van der Waals surface area contributed by atoms with Gasteiger partial charge in [0.05, 0.1) is 6.07 Å². The van der Waals surface area contributed by atoms with Crippen LogP contribution in [0.3, 0.4) is 0 Å². The fraction of sp³-hybridized carbons (Fsp3) is 0.588. The van der Waals surface area contributed by atoms with Gasteiger partial charge in [-0.1, -0.05) is 13.0 Å². The first kappa shape index (κ1) is 15.4. The Morgan fingerprint density at radius 3 is 2.90 bits per heavy atom. The third kappa shape index (κ3) is 4.01. The van der Waals surface area contributed by atoms with E-state index >= 15 is 0 Å². The fourth-order valence-corrected chi connectivity index (χ4v) is 3.74. The highest BCUT2D eigenvalue weighted by molar-refractivity contribution is 7.99. The predicted molar refractivity (Wildman–Crippen MR) is 86.1 cm³/mol. The Bertz CT molecular complexity index is 492. The molecule has 0 fully saturated rings. The third-order valence-electron chi connectivity index (χ3n) is 3.97. The van der Waals surface area contributed by atoms with Crippen molar-refractivity contribution < 1.29 is 0 Å². The zero-order chi connectivity index (χ0) is 14.4. The number of thioether (sulfide) groups is 1. The molecule has 0 amide bonds. The van der Waals surface area contributed by atoms with Crippen LogP contribution < -0.4 is 5.32 Å². The molecule has 20 heavy (non-hydrogen) atoms. The number of benzene rings is 1. The summed E-state index contributed by atoms with van der Waals surface area (Å²) in [6, 6.07) is 9.30. The molecule has 1 aliphatic rings. The lowest BCUT2D eigenvalue weighted by Crippen LogP contribution is -2.40. The molecule has 0 spiro atoms. The van der Waals surface area contributed by atoms with Gasteiger partial charge in [-0.25, -0.2) is 0 Å². The van der Waals surface area contributed by atoms with Crippen LogP contribution in [0.15, 0.2) is 23.1 Å². The van der Waals surface area contributed by atoms with E-state index in [-0.39, 0.29) is 5.54 Å². The minimum absolute atomic E-state index is 0.368. The highest BCUT2D eigenvalue weighted by Crippen LogP contribution is 2.28. The van der Waals surface area contributed by atoms with Gasteiger partial charge in [0.2, 0.25) is 0 Å². The molecule has 2 rings (SSSR count). The summed E-state index contributed by atoms with van der Waals surface area (Å²) < 4.78 is 0. The van der Waals surface area contributed by atoms with Gasteiger partial charge in [0.15, 0.2) is 0 Å².